The van der Waals surface area contributed by atoms with Gasteiger partial charge in [-0.05, 0) is 37.1 Å². The van der Waals surface area contributed by atoms with Crippen LogP contribution < -0.4 is 0 Å². The highest BCUT2D eigenvalue weighted by atomic mass is 32.2. The van der Waals surface area contributed by atoms with Crippen molar-refractivity contribution in [2.45, 2.75) is 35.6 Å². The van der Waals surface area contributed by atoms with Gasteiger partial charge >= 0.3 is 12.3 Å². The molecule has 2 heterocycles. The quantitative estimate of drug-likeness (QED) is 0.663. The molecule has 0 bridgehead atoms. The number of carbonyl (C=O) groups is 1. The van der Waals surface area contributed by atoms with Crippen LogP contribution in [0.4, 0.5) is 18.0 Å². The summed E-state index contributed by atoms with van der Waals surface area (Å²) < 4.78 is 75.8. The minimum absolute atomic E-state index is 0.0274. The van der Waals surface area contributed by atoms with E-state index in [4.69, 9.17) is 16.3 Å². The van der Waals surface area contributed by atoms with Gasteiger partial charge in [0.2, 0.25) is 16.1 Å². The molecular formula is C20H23F3N2O6S. The van der Waals surface area contributed by atoms with Gasteiger partial charge in [-0.15, -0.1) is 6.42 Å². The number of amides is 1. The molecule has 2 aliphatic rings. The van der Waals surface area contributed by atoms with Crippen LogP contribution in [0.2, 0.25) is 0 Å². The normalized spacial score (nSPS) is 20.5. The first-order valence-corrected chi connectivity index (χ1v) is 11.3. The number of halogens is 3. The molecule has 8 nitrogen and oxygen atoms in total. The Kier molecular flexibility index (Phi) is 7.04. The Morgan fingerprint density at radius 2 is 1.88 bits per heavy atom. The van der Waals surface area contributed by atoms with Gasteiger partial charge < -0.3 is 19.5 Å². The van der Waals surface area contributed by atoms with Crippen LogP contribution in [0.1, 0.15) is 18.4 Å². The highest BCUT2D eigenvalue weighted by Gasteiger charge is 2.46. The second kappa shape index (κ2) is 9.27. The number of piperidine rings is 1. The molecule has 2 aliphatic heterocycles. The lowest BCUT2D eigenvalue weighted by Gasteiger charge is -2.46. The summed E-state index contributed by atoms with van der Waals surface area (Å²) in [7, 11) is -3.80. The number of aliphatic hydroxyl groups is 1. The van der Waals surface area contributed by atoms with E-state index in [2.05, 4.69) is 10.7 Å². The Morgan fingerprint density at radius 1 is 1.25 bits per heavy atom. The van der Waals surface area contributed by atoms with E-state index in [1.165, 1.54) is 28.6 Å². The number of alkyl halides is 3. The molecule has 1 spiro atoms. The summed E-state index contributed by atoms with van der Waals surface area (Å²) in [6.07, 6.45) is -2.92. The molecule has 3 rings (SSSR count). The van der Waals surface area contributed by atoms with E-state index in [1.54, 1.807) is 0 Å². The van der Waals surface area contributed by atoms with Crippen molar-refractivity contribution in [3.63, 3.8) is 0 Å². The lowest BCUT2D eigenvalue weighted by molar-refractivity contribution is -0.215. The van der Waals surface area contributed by atoms with Crippen LogP contribution >= 0.6 is 0 Å². The van der Waals surface area contributed by atoms with Gasteiger partial charge in [-0.1, -0.05) is 5.92 Å². The number of ether oxygens (including phenoxy) is 2. The third-order valence-corrected chi connectivity index (χ3v) is 7.44. The number of benzene rings is 1. The lowest BCUT2D eigenvalue weighted by Crippen LogP contribution is -2.58. The molecule has 1 N–H and O–H groups in total. The second-order valence-corrected chi connectivity index (χ2v) is 9.56. The number of terminal acetylenes is 1. The van der Waals surface area contributed by atoms with Gasteiger partial charge in [0.05, 0.1) is 23.7 Å². The van der Waals surface area contributed by atoms with Gasteiger partial charge in [0, 0.05) is 31.7 Å². The van der Waals surface area contributed by atoms with E-state index < -0.39 is 40.6 Å². The van der Waals surface area contributed by atoms with Crippen LogP contribution in [0.25, 0.3) is 0 Å². The Morgan fingerprint density at radius 3 is 2.41 bits per heavy atom. The average Bonchev–Trinajstić information content (AvgIpc) is 2.77. The van der Waals surface area contributed by atoms with E-state index >= 15 is 0 Å². The first kappa shape index (κ1) is 24.3. The Balaban J connectivity index is 1.64. The topological polar surface area (TPSA) is 96.4 Å². The van der Waals surface area contributed by atoms with Crippen molar-refractivity contribution in [3.8, 4) is 12.3 Å². The predicted octanol–water partition coefficient (Wildman–Crippen LogP) is 1.58. The van der Waals surface area contributed by atoms with Crippen molar-refractivity contribution >= 4 is 16.1 Å². The number of morpholine rings is 1. The number of hydrogen-bond donors (Lipinski definition) is 1. The largest absolute Gasteiger partial charge is 0.434 e. The average molecular weight is 476 g/mol. The first-order chi connectivity index (χ1) is 15.0. The minimum atomic E-state index is -4.87. The molecule has 1 amide bonds. The summed E-state index contributed by atoms with van der Waals surface area (Å²) in [5, 5.41) is 8.83. The van der Waals surface area contributed by atoms with Crippen molar-refractivity contribution in [2.24, 2.45) is 0 Å². The molecular weight excluding hydrogens is 453 g/mol. The van der Waals surface area contributed by atoms with Crippen LogP contribution in [0.5, 0.6) is 0 Å². The number of sulfonamides is 1. The predicted molar refractivity (Wildman–Crippen MR) is 106 cm³/mol. The van der Waals surface area contributed by atoms with Crippen molar-refractivity contribution in [1.82, 2.24) is 9.21 Å². The fourth-order valence-corrected chi connectivity index (χ4v) is 5.19. The van der Waals surface area contributed by atoms with E-state index in [9.17, 15) is 26.4 Å². The molecule has 0 aliphatic carbocycles. The molecule has 176 valence electrons. The zero-order chi connectivity index (χ0) is 23.6. The van der Waals surface area contributed by atoms with Gasteiger partial charge in [-0.25, -0.2) is 13.2 Å². The van der Waals surface area contributed by atoms with Crippen LogP contribution in [0.15, 0.2) is 29.2 Å². The lowest BCUT2D eigenvalue weighted by atomic mass is 9.90. The van der Waals surface area contributed by atoms with Gasteiger partial charge in [-0.3, -0.25) is 0 Å². The zero-order valence-electron chi connectivity index (χ0n) is 17.0. The molecule has 2 fully saturated rings. The summed E-state index contributed by atoms with van der Waals surface area (Å²) in [6.45, 7) is -0.968. The molecule has 1 unspecified atom stereocenters. The van der Waals surface area contributed by atoms with Crippen molar-refractivity contribution in [2.75, 3.05) is 39.4 Å². The molecule has 0 saturated carbocycles. The van der Waals surface area contributed by atoms with Gasteiger partial charge in [0.25, 0.3) is 0 Å². The SMILES string of the molecule is C#Cc1ccc(S(=O)(=O)N2CCOC3(CCN(C(=O)OC(CO)C(F)(F)F)CC3)C2)cc1. The molecule has 0 radical (unpaired) electrons. The summed E-state index contributed by atoms with van der Waals surface area (Å²) in [6, 6.07) is 5.94. The van der Waals surface area contributed by atoms with Gasteiger partial charge in [0.1, 0.15) is 0 Å². The van der Waals surface area contributed by atoms with Crippen molar-refractivity contribution in [1.29, 1.82) is 0 Å². The number of rotatable bonds is 4. The molecule has 32 heavy (non-hydrogen) atoms. The van der Waals surface area contributed by atoms with E-state index in [1.807, 2.05) is 0 Å². The maximum Gasteiger partial charge on any atom is 0.427 e. The Bertz CT molecular complexity index is 967. The number of carbonyl (C=O) groups excluding carboxylic acids is 1. The molecule has 1 aromatic carbocycles. The third kappa shape index (κ3) is 5.17. The Labute approximate surface area is 183 Å². The number of aliphatic hydroxyl groups excluding tert-OH is 1. The smallest absolute Gasteiger partial charge is 0.427 e. The van der Waals surface area contributed by atoms with Crippen LogP contribution in [0, 0.1) is 12.3 Å². The van der Waals surface area contributed by atoms with Crippen LogP contribution in [-0.4, -0.2) is 86.1 Å². The number of likely N-dealkylation sites (tertiary alicyclic amines) is 1. The minimum Gasteiger partial charge on any atom is -0.434 e. The van der Waals surface area contributed by atoms with Gasteiger partial charge in [-0.2, -0.15) is 17.5 Å². The summed E-state index contributed by atoms with van der Waals surface area (Å²) >= 11 is 0. The van der Waals surface area contributed by atoms with Crippen molar-refractivity contribution in [3.05, 3.63) is 29.8 Å². The second-order valence-electron chi connectivity index (χ2n) is 7.62. The maximum absolute atomic E-state index is 13.0. The summed E-state index contributed by atoms with van der Waals surface area (Å²) in [5.74, 6) is 2.42. The molecule has 12 heteroatoms. The highest BCUT2D eigenvalue weighted by Crippen LogP contribution is 2.33. The number of nitrogens with zero attached hydrogens (tertiary/aromatic N) is 2. The maximum atomic E-state index is 13.0. The van der Waals surface area contributed by atoms with Crippen molar-refractivity contribution < 1.29 is 41.0 Å². The first-order valence-electron chi connectivity index (χ1n) is 9.85. The van der Waals surface area contributed by atoms with Crippen LogP contribution in [0.3, 0.4) is 0 Å². The standard InChI is InChI=1S/C20H23F3N2O6S/c1-2-15-3-5-16(6-4-15)32(28,29)25-11-12-30-19(14-25)7-9-24(10-8-19)18(27)31-17(13-26)20(21,22)23/h1,3-6,17,26H,7-14H2. The monoisotopic (exact) mass is 476 g/mol. The van der Waals surface area contributed by atoms with Crippen LogP contribution in [-0.2, 0) is 19.5 Å². The third-order valence-electron chi connectivity index (χ3n) is 5.58. The van der Waals surface area contributed by atoms with E-state index in [0.717, 1.165) is 4.90 Å². The fraction of sp³-hybridized carbons (Fsp3) is 0.550. The molecule has 1 atom stereocenters. The summed E-state index contributed by atoms with van der Waals surface area (Å²) in [5.41, 5.74) is -0.308. The van der Waals surface area contributed by atoms with E-state index in [-0.39, 0.29) is 50.5 Å². The fourth-order valence-electron chi connectivity index (χ4n) is 3.69. The van der Waals surface area contributed by atoms with E-state index in [0.29, 0.717) is 5.56 Å². The molecule has 1 aromatic rings. The highest BCUT2D eigenvalue weighted by molar-refractivity contribution is 7.89. The number of hydrogen-bond acceptors (Lipinski definition) is 6. The Hall–Kier alpha value is -2.33. The molecule has 2 saturated heterocycles. The summed E-state index contributed by atoms with van der Waals surface area (Å²) in [4.78, 5) is 13.3. The molecule has 0 aromatic heterocycles. The zero-order valence-corrected chi connectivity index (χ0v) is 17.9. The van der Waals surface area contributed by atoms with Gasteiger partial charge in [0.15, 0.2) is 0 Å².